The molecule has 5 heteroatoms. The Morgan fingerprint density at radius 3 is 2.89 bits per heavy atom. The van der Waals surface area contributed by atoms with Crippen LogP contribution >= 0.6 is 11.8 Å². The van der Waals surface area contributed by atoms with Crippen LogP contribution in [0.2, 0.25) is 0 Å². The zero-order valence-electron chi connectivity index (χ0n) is 11.6. The van der Waals surface area contributed by atoms with Crippen LogP contribution in [0.15, 0.2) is 35.4 Å². The van der Waals surface area contributed by atoms with E-state index < -0.39 is 0 Å². The van der Waals surface area contributed by atoms with Gasteiger partial charge in [0.2, 0.25) is 0 Å². The summed E-state index contributed by atoms with van der Waals surface area (Å²) >= 11 is 1.79. The molecule has 0 atom stereocenters. The summed E-state index contributed by atoms with van der Waals surface area (Å²) in [4.78, 5) is 1.27. The van der Waals surface area contributed by atoms with Crippen molar-refractivity contribution in [2.75, 3.05) is 0 Å². The molecule has 2 rings (SSSR count). The smallest absolute Gasteiger partial charge is 0.0929 e. The van der Waals surface area contributed by atoms with Gasteiger partial charge in [0.25, 0.3) is 0 Å². The predicted molar refractivity (Wildman–Crippen MR) is 79.0 cm³/mol. The highest BCUT2D eigenvalue weighted by Crippen LogP contribution is 2.22. The lowest BCUT2D eigenvalue weighted by Crippen LogP contribution is -2.21. The van der Waals surface area contributed by atoms with Crippen molar-refractivity contribution in [2.24, 2.45) is 7.05 Å². The van der Waals surface area contributed by atoms with Crippen LogP contribution in [-0.4, -0.2) is 21.0 Å². The number of aryl methyl sites for hydroxylation is 1. The van der Waals surface area contributed by atoms with Crippen molar-refractivity contribution in [1.29, 1.82) is 0 Å². The summed E-state index contributed by atoms with van der Waals surface area (Å²) in [7, 11) is 1.89. The third kappa shape index (κ3) is 4.69. The first-order chi connectivity index (χ1) is 9.13. The number of hydrogen-bond acceptors (Lipinski definition) is 4. The first-order valence-electron chi connectivity index (χ1n) is 6.44. The van der Waals surface area contributed by atoms with Gasteiger partial charge in [-0.25, -0.2) is 0 Å². The van der Waals surface area contributed by atoms with Crippen molar-refractivity contribution in [3.8, 4) is 0 Å². The molecule has 4 nitrogen and oxygen atoms in total. The second kappa shape index (κ2) is 6.73. The summed E-state index contributed by atoms with van der Waals surface area (Å²) in [6.07, 6.45) is 1.96. The van der Waals surface area contributed by atoms with E-state index in [4.69, 9.17) is 0 Å². The first kappa shape index (κ1) is 14.1. The standard InChI is InChI=1S/C14H20N4S/c1-11(2)15-8-12-5-4-6-14(7-12)19-10-13-9-18(3)17-16-13/h4-7,9,11,15H,8,10H2,1-3H3. The minimum Gasteiger partial charge on any atom is -0.310 e. The van der Waals surface area contributed by atoms with Gasteiger partial charge in [0.1, 0.15) is 0 Å². The van der Waals surface area contributed by atoms with E-state index >= 15 is 0 Å². The highest BCUT2D eigenvalue weighted by Gasteiger charge is 2.02. The van der Waals surface area contributed by atoms with Crippen molar-refractivity contribution < 1.29 is 0 Å². The molecule has 0 aliphatic heterocycles. The first-order valence-corrected chi connectivity index (χ1v) is 7.42. The van der Waals surface area contributed by atoms with Gasteiger partial charge in [0.05, 0.1) is 5.69 Å². The SMILES string of the molecule is CC(C)NCc1cccc(SCc2cn(C)nn2)c1. The number of rotatable bonds is 6. The number of nitrogens with zero attached hydrogens (tertiary/aromatic N) is 3. The Hall–Kier alpha value is -1.33. The monoisotopic (exact) mass is 276 g/mol. The van der Waals surface area contributed by atoms with Gasteiger partial charge >= 0.3 is 0 Å². The van der Waals surface area contributed by atoms with Crippen LogP contribution < -0.4 is 5.32 Å². The van der Waals surface area contributed by atoms with Gasteiger partial charge in [-0.1, -0.05) is 31.2 Å². The van der Waals surface area contributed by atoms with Crippen LogP contribution in [0.3, 0.4) is 0 Å². The highest BCUT2D eigenvalue weighted by molar-refractivity contribution is 7.98. The second-order valence-electron chi connectivity index (χ2n) is 4.86. The van der Waals surface area contributed by atoms with E-state index in [2.05, 4.69) is 53.7 Å². The molecule has 0 fully saturated rings. The molecular formula is C14H20N4S. The summed E-state index contributed by atoms with van der Waals surface area (Å²) in [6, 6.07) is 9.14. The number of thioether (sulfide) groups is 1. The van der Waals surface area contributed by atoms with Crippen LogP contribution in [-0.2, 0) is 19.3 Å². The maximum Gasteiger partial charge on any atom is 0.0929 e. The van der Waals surface area contributed by atoms with Gasteiger partial charge in [-0.15, -0.1) is 16.9 Å². The third-order valence-electron chi connectivity index (χ3n) is 2.65. The van der Waals surface area contributed by atoms with Crippen molar-refractivity contribution in [2.45, 2.75) is 37.1 Å². The molecule has 0 saturated heterocycles. The maximum absolute atomic E-state index is 4.09. The van der Waals surface area contributed by atoms with E-state index in [9.17, 15) is 0 Å². The lowest BCUT2D eigenvalue weighted by Gasteiger charge is -2.09. The molecule has 0 unspecified atom stereocenters. The quantitative estimate of drug-likeness (QED) is 0.824. The van der Waals surface area contributed by atoms with E-state index in [-0.39, 0.29) is 0 Å². The molecule has 1 N–H and O–H groups in total. The van der Waals surface area contributed by atoms with Gasteiger partial charge in [-0.05, 0) is 17.7 Å². The van der Waals surface area contributed by atoms with Crippen molar-refractivity contribution in [3.63, 3.8) is 0 Å². The van der Waals surface area contributed by atoms with Crippen LogP contribution in [0.4, 0.5) is 0 Å². The Kier molecular flexibility index (Phi) is 4.99. The maximum atomic E-state index is 4.09. The van der Waals surface area contributed by atoms with Crippen LogP contribution in [0.5, 0.6) is 0 Å². The molecule has 0 bridgehead atoms. The number of nitrogens with one attached hydrogen (secondary N) is 1. The Morgan fingerprint density at radius 2 is 2.21 bits per heavy atom. The van der Waals surface area contributed by atoms with Gasteiger partial charge in [-0.3, -0.25) is 4.68 Å². The Balaban J connectivity index is 1.91. The predicted octanol–water partition coefficient (Wildman–Crippen LogP) is 2.61. The topological polar surface area (TPSA) is 42.7 Å². The lowest BCUT2D eigenvalue weighted by molar-refractivity contribution is 0.588. The Morgan fingerprint density at radius 1 is 1.37 bits per heavy atom. The average Bonchev–Trinajstić information content (AvgIpc) is 2.80. The van der Waals surface area contributed by atoms with Gasteiger partial charge in [-0.2, -0.15) is 0 Å². The number of benzene rings is 1. The summed E-state index contributed by atoms with van der Waals surface area (Å²) in [5, 5.41) is 11.5. The molecule has 0 saturated carbocycles. The van der Waals surface area contributed by atoms with Gasteiger partial charge < -0.3 is 5.32 Å². The highest BCUT2D eigenvalue weighted by atomic mass is 32.2. The van der Waals surface area contributed by atoms with Crippen molar-refractivity contribution in [3.05, 3.63) is 41.7 Å². The summed E-state index contributed by atoms with van der Waals surface area (Å²) in [5.74, 6) is 0.856. The fraction of sp³-hybridized carbons (Fsp3) is 0.429. The lowest BCUT2D eigenvalue weighted by atomic mass is 10.2. The van der Waals surface area contributed by atoms with E-state index in [1.807, 2.05) is 13.2 Å². The summed E-state index contributed by atoms with van der Waals surface area (Å²) < 4.78 is 1.73. The minimum absolute atomic E-state index is 0.510. The Bertz CT molecular complexity index is 522. The molecule has 1 aromatic carbocycles. The third-order valence-corrected chi connectivity index (χ3v) is 3.68. The molecule has 0 aliphatic carbocycles. The molecule has 102 valence electrons. The number of aromatic nitrogens is 3. The average molecular weight is 276 g/mol. The van der Waals surface area contributed by atoms with E-state index in [0.29, 0.717) is 6.04 Å². The van der Waals surface area contributed by atoms with Crippen molar-refractivity contribution >= 4 is 11.8 Å². The van der Waals surface area contributed by atoms with E-state index in [1.54, 1.807) is 16.4 Å². The Labute approximate surface area is 118 Å². The second-order valence-corrected chi connectivity index (χ2v) is 5.90. The van der Waals surface area contributed by atoms with Crippen LogP contribution in [0.25, 0.3) is 0 Å². The van der Waals surface area contributed by atoms with Gasteiger partial charge in [0, 0.05) is 36.5 Å². The molecule has 0 radical (unpaired) electrons. The van der Waals surface area contributed by atoms with Gasteiger partial charge in [0.15, 0.2) is 0 Å². The van der Waals surface area contributed by atoms with Crippen LogP contribution in [0, 0.1) is 0 Å². The molecule has 0 spiro atoms. The zero-order valence-corrected chi connectivity index (χ0v) is 12.4. The fourth-order valence-electron chi connectivity index (χ4n) is 1.69. The van der Waals surface area contributed by atoms with Crippen molar-refractivity contribution in [1.82, 2.24) is 20.3 Å². The zero-order chi connectivity index (χ0) is 13.7. The summed E-state index contributed by atoms with van der Waals surface area (Å²) in [6.45, 7) is 5.23. The largest absolute Gasteiger partial charge is 0.310 e. The summed E-state index contributed by atoms with van der Waals surface area (Å²) in [5.41, 5.74) is 2.33. The molecule has 19 heavy (non-hydrogen) atoms. The van der Waals surface area contributed by atoms with E-state index in [1.165, 1.54) is 10.5 Å². The van der Waals surface area contributed by atoms with E-state index in [0.717, 1.165) is 18.0 Å². The van der Waals surface area contributed by atoms with Crippen LogP contribution in [0.1, 0.15) is 25.1 Å². The molecule has 0 amide bonds. The molecule has 1 heterocycles. The minimum atomic E-state index is 0.510. The molecule has 1 aromatic heterocycles. The normalized spacial score (nSPS) is 11.2. The molecule has 0 aliphatic rings. The fourth-order valence-corrected chi connectivity index (χ4v) is 2.54. The molecule has 2 aromatic rings. The molecular weight excluding hydrogens is 256 g/mol. The number of hydrogen-bond donors (Lipinski definition) is 1.